The Kier molecular flexibility index (Phi) is 7.23. The smallest absolute Gasteiger partial charge is 0.220 e. The molecular weight excluding hydrogens is 374 g/mol. The zero-order valence-electron chi connectivity index (χ0n) is 19.5. The van der Waals surface area contributed by atoms with E-state index in [0.717, 1.165) is 34.2 Å². The van der Waals surface area contributed by atoms with Gasteiger partial charge >= 0.3 is 0 Å². The molecule has 2 aromatic carbocycles. The molecule has 4 heteroatoms. The lowest BCUT2D eigenvalue weighted by Gasteiger charge is -2.28. The fourth-order valence-electron chi connectivity index (χ4n) is 3.55. The van der Waals surface area contributed by atoms with E-state index in [1.807, 2.05) is 31.2 Å². The van der Waals surface area contributed by atoms with E-state index in [2.05, 4.69) is 46.9 Å². The molecule has 0 aliphatic rings. The molecule has 0 atom stereocenters. The zero-order valence-corrected chi connectivity index (χ0v) is 19.5. The summed E-state index contributed by atoms with van der Waals surface area (Å²) in [5.41, 5.74) is 4.51. The topological polar surface area (TPSA) is 69.6 Å². The molecule has 2 rings (SSSR count). The molecule has 0 saturated heterocycles. The van der Waals surface area contributed by atoms with Crippen LogP contribution in [0.3, 0.4) is 0 Å². The predicted octanol–water partition coefficient (Wildman–Crippen LogP) is 5.29. The van der Waals surface area contributed by atoms with Crippen molar-refractivity contribution in [2.45, 2.75) is 78.6 Å². The van der Waals surface area contributed by atoms with Crippen molar-refractivity contribution in [1.29, 1.82) is 0 Å². The van der Waals surface area contributed by atoms with E-state index >= 15 is 0 Å². The van der Waals surface area contributed by atoms with E-state index in [1.54, 1.807) is 6.07 Å². The van der Waals surface area contributed by atoms with Crippen LogP contribution in [0.1, 0.15) is 75.8 Å². The molecule has 0 unspecified atom stereocenters. The third-order valence-corrected chi connectivity index (χ3v) is 5.42. The fraction of sp³-hybridized carbons (Fsp3) is 0.500. The largest absolute Gasteiger partial charge is 0.508 e. The average Bonchev–Trinajstić information content (AvgIpc) is 2.61. The van der Waals surface area contributed by atoms with E-state index < -0.39 is 0 Å². The number of nitrogens with one attached hydrogen (secondary N) is 1. The first-order valence-electron chi connectivity index (χ1n) is 10.7. The van der Waals surface area contributed by atoms with Crippen molar-refractivity contribution < 1.29 is 15.0 Å². The molecule has 0 aliphatic carbocycles. The van der Waals surface area contributed by atoms with Crippen molar-refractivity contribution in [3.63, 3.8) is 0 Å². The molecular formula is C26H37NO3. The van der Waals surface area contributed by atoms with Gasteiger partial charge in [-0.3, -0.25) is 4.79 Å². The second-order valence-electron chi connectivity index (χ2n) is 10.3. The maximum Gasteiger partial charge on any atom is 0.220 e. The molecule has 0 aliphatic heterocycles. The first-order valence-corrected chi connectivity index (χ1v) is 10.7. The second kappa shape index (κ2) is 9.11. The van der Waals surface area contributed by atoms with E-state index in [9.17, 15) is 15.0 Å². The quantitative estimate of drug-likeness (QED) is 0.605. The Bertz CT molecular complexity index is 866. The van der Waals surface area contributed by atoms with Gasteiger partial charge in [0.2, 0.25) is 5.91 Å². The summed E-state index contributed by atoms with van der Waals surface area (Å²) in [6.45, 7) is 15.0. The summed E-state index contributed by atoms with van der Waals surface area (Å²) in [5.74, 6) is 0.682. The van der Waals surface area contributed by atoms with Crippen LogP contribution in [0, 0.1) is 6.92 Å². The standard InChI is InChI=1S/C26H37NO3/c1-17-14-18(8-10-22(17)28)12-13-27-23(29)11-9-19-15-20(25(2,3)4)24(30)21(16-19)26(5,6)7/h8,10,14-16,28,30H,9,11-13H2,1-7H3,(H,27,29). The van der Waals surface area contributed by atoms with Crippen LogP contribution in [0.4, 0.5) is 0 Å². The van der Waals surface area contributed by atoms with Crippen molar-refractivity contribution >= 4 is 5.91 Å². The van der Waals surface area contributed by atoms with Gasteiger partial charge in [-0.15, -0.1) is 0 Å². The van der Waals surface area contributed by atoms with Gasteiger partial charge in [-0.2, -0.15) is 0 Å². The lowest BCUT2D eigenvalue weighted by Crippen LogP contribution is -2.26. The summed E-state index contributed by atoms with van der Waals surface area (Å²) in [6, 6.07) is 9.60. The van der Waals surface area contributed by atoms with E-state index in [-0.39, 0.29) is 16.7 Å². The molecule has 0 saturated carbocycles. The van der Waals surface area contributed by atoms with Gasteiger partial charge in [0.15, 0.2) is 0 Å². The average molecular weight is 412 g/mol. The minimum Gasteiger partial charge on any atom is -0.508 e. The number of hydrogen-bond acceptors (Lipinski definition) is 3. The Balaban J connectivity index is 2.02. The number of aromatic hydroxyl groups is 2. The van der Waals surface area contributed by atoms with Gasteiger partial charge in [-0.1, -0.05) is 65.8 Å². The van der Waals surface area contributed by atoms with Gasteiger partial charge in [-0.25, -0.2) is 0 Å². The highest BCUT2D eigenvalue weighted by Crippen LogP contribution is 2.39. The Morgan fingerprint density at radius 2 is 1.43 bits per heavy atom. The monoisotopic (exact) mass is 411 g/mol. The number of phenolic OH excluding ortho intramolecular Hbond substituents is 2. The fourth-order valence-corrected chi connectivity index (χ4v) is 3.55. The van der Waals surface area contributed by atoms with Crippen LogP contribution in [-0.4, -0.2) is 22.7 Å². The van der Waals surface area contributed by atoms with Crippen molar-refractivity contribution in [3.8, 4) is 11.5 Å². The lowest BCUT2D eigenvalue weighted by molar-refractivity contribution is -0.121. The molecule has 0 spiro atoms. The van der Waals surface area contributed by atoms with E-state index in [0.29, 0.717) is 30.9 Å². The highest BCUT2D eigenvalue weighted by atomic mass is 16.3. The van der Waals surface area contributed by atoms with Crippen LogP contribution < -0.4 is 5.32 Å². The van der Waals surface area contributed by atoms with Gasteiger partial charge in [0, 0.05) is 13.0 Å². The predicted molar refractivity (Wildman–Crippen MR) is 123 cm³/mol. The molecule has 164 valence electrons. The van der Waals surface area contributed by atoms with Gasteiger partial charge in [0.1, 0.15) is 11.5 Å². The molecule has 0 fully saturated rings. The minimum atomic E-state index is -0.176. The van der Waals surface area contributed by atoms with Crippen molar-refractivity contribution in [2.24, 2.45) is 0 Å². The summed E-state index contributed by atoms with van der Waals surface area (Å²) in [6.07, 6.45) is 1.78. The van der Waals surface area contributed by atoms with Crippen molar-refractivity contribution in [2.75, 3.05) is 6.54 Å². The van der Waals surface area contributed by atoms with Gasteiger partial charge in [-0.05, 0) is 64.5 Å². The Hall–Kier alpha value is -2.49. The van der Waals surface area contributed by atoms with Gasteiger partial charge in [0.05, 0.1) is 0 Å². The van der Waals surface area contributed by atoms with E-state index in [1.165, 1.54) is 0 Å². The number of carbonyl (C=O) groups is 1. The molecule has 0 aromatic heterocycles. The minimum absolute atomic E-state index is 0.0215. The highest BCUT2D eigenvalue weighted by molar-refractivity contribution is 5.76. The van der Waals surface area contributed by atoms with E-state index in [4.69, 9.17) is 0 Å². The molecule has 0 bridgehead atoms. The van der Waals surface area contributed by atoms with Crippen LogP contribution in [0.2, 0.25) is 0 Å². The number of amides is 1. The van der Waals surface area contributed by atoms with Crippen LogP contribution in [0.5, 0.6) is 11.5 Å². The third-order valence-electron chi connectivity index (χ3n) is 5.42. The van der Waals surface area contributed by atoms with Crippen molar-refractivity contribution in [1.82, 2.24) is 5.32 Å². The number of hydrogen-bond donors (Lipinski definition) is 3. The molecule has 4 nitrogen and oxygen atoms in total. The van der Waals surface area contributed by atoms with Gasteiger partial charge in [0.25, 0.3) is 0 Å². The summed E-state index contributed by atoms with van der Waals surface area (Å²) in [5, 5.41) is 23.4. The SMILES string of the molecule is Cc1cc(CCNC(=O)CCc2cc(C(C)(C)C)c(O)c(C(C)(C)C)c2)ccc1O. The van der Waals surface area contributed by atoms with Crippen LogP contribution >= 0.6 is 0 Å². The van der Waals surface area contributed by atoms with Gasteiger partial charge < -0.3 is 15.5 Å². The number of rotatable bonds is 6. The summed E-state index contributed by atoms with van der Waals surface area (Å²) < 4.78 is 0. The van der Waals surface area contributed by atoms with Crippen LogP contribution in [-0.2, 0) is 28.5 Å². The number of phenols is 2. The first kappa shape index (κ1) is 23.8. The molecule has 2 aromatic rings. The summed E-state index contributed by atoms with van der Waals surface area (Å²) >= 11 is 0. The summed E-state index contributed by atoms with van der Waals surface area (Å²) in [7, 11) is 0. The molecule has 1 amide bonds. The third kappa shape index (κ3) is 6.25. The van der Waals surface area contributed by atoms with Crippen LogP contribution in [0.15, 0.2) is 30.3 Å². The maximum absolute atomic E-state index is 12.4. The number of aryl methyl sites for hydroxylation is 2. The second-order valence-corrected chi connectivity index (χ2v) is 10.3. The molecule has 3 N–H and O–H groups in total. The summed E-state index contributed by atoms with van der Waals surface area (Å²) in [4.78, 5) is 12.4. The Morgan fingerprint density at radius 3 is 1.93 bits per heavy atom. The normalized spacial score (nSPS) is 12.1. The highest BCUT2D eigenvalue weighted by Gasteiger charge is 2.26. The zero-order chi connectivity index (χ0) is 22.7. The maximum atomic E-state index is 12.4. The molecule has 30 heavy (non-hydrogen) atoms. The first-order chi connectivity index (χ1) is 13.8. The number of carbonyl (C=O) groups excluding carboxylic acids is 1. The number of benzene rings is 2. The lowest BCUT2D eigenvalue weighted by atomic mass is 9.78. The van der Waals surface area contributed by atoms with Crippen molar-refractivity contribution in [3.05, 3.63) is 58.1 Å². The molecule has 0 radical (unpaired) electrons. The Labute approximate surface area is 181 Å². The van der Waals surface area contributed by atoms with Crippen LogP contribution in [0.25, 0.3) is 0 Å². The Morgan fingerprint density at radius 1 is 0.867 bits per heavy atom. The molecule has 0 heterocycles.